The Morgan fingerprint density at radius 3 is 2.27 bits per heavy atom. The van der Waals surface area contributed by atoms with E-state index < -0.39 is 6.29 Å². The minimum atomic E-state index is -1.60. The van der Waals surface area contributed by atoms with Gasteiger partial charge in [0, 0.05) is 10.6 Å². The molecule has 0 saturated carbocycles. The molecule has 0 aliphatic carbocycles. The summed E-state index contributed by atoms with van der Waals surface area (Å²) in [6.45, 7) is 0. The fraction of sp³-hybridized carbons (Fsp3) is 0.143. The fourth-order valence-electron chi connectivity index (χ4n) is 0.745. The zero-order chi connectivity index (χ0) is 8.43. The van der Waals surface area contributed by atoms with Crippen molar-refractivity contribution >= 4 is 11.6 Å². The molecule has 0 heterocycles. The van der Waals surface area contributed by atoms with E-state index in [4.69, 9.17) is 26.9 Å². The van der Waals surface area contributed by atoms with Gasteiger partial charge in [-0.1, -0.05) is 11.6 Å². The second kappa shape index (κ2) is 3.09. The van der Waals surface area contributed by atoms with Crippen molar-refractivity contribution in [2.75, 3.05) is 0 Å². The average molecular weight is 175 g/mol. The molecule has 0 spiro atoms. The van der Waals surface area contributed by atoms with Crippen LogP contribution in [0.5, 0.6) is 5.75 Å². The lowest BCUT2D eigenvalue weighted by Crippen LogP contribution is -1.93. The Morgan fingerprint density at radius 1 is 1.18 bits per heavy atom. The number of phenols is 1. The molecule has 3 N–H and O–H groups in total. The van der Waals surface area contributed by atoms with Gasteiger partial charge in [-0.3, -0.25) is 0 Å². The van der Waals surface area contributed by atoms with Crippen LogP contribution in [0.15, 0.2) is 18.2 Å². The Labute approximate surface area is 68.5 Å². The van der Waals surface area contributed by atoms with Gasteiger partial charge in [0.25, 0.3) is 0 Å². The zero-order valence-electron chi connectivity index (χ0n) is 5.53. The van der Waals surface area contributed by atoms with Crippen molar-refractivity contribution in [1.29, 1.82) is 0 Å². The quantitative estimate of drug-likeness (QED) is 0.558. The summed E-state index contributed by atoms with van der Waals surface area (Å²) in [6.07, 6.45) is -1.60. The lowest BCUT2D eigenvalue weighted by atomic mass is 10.2. The predicted molar refractivity (Wildman–Crippen MR) is 40.3 cm³/mol. The normalized spacial score (nSPS) is 10.5. The maximum Gasteiger partial charge on any atom is 0.178 e. The summed E-state index contributed by atoms with van der Waals surface area (Å²) in [4.78, 5) is 0. The van der Waals surface area contributed by atoms with Gasteiger partial charge in [0.05, 0.1) is 0 Å². The van der Waals surface area contributed by atoms with E-state index in [1.807, 2.05) is 0 Å². The molecule has 0 atom stereocenters. The molecule has 0 aliphatic heterocycles. The molecule has 11 heavy (non-hydrogen) atoms. The molecule has 1 aromatic rings. The van der Waals surface area contributed by atoms with Crippen LogP contribution >= 0.6 is 11.6 Å². The van der Waals surface area contributed by atoms with E-state index in [9.17, 15) is 0 Å². The molecule has 3 nitrogen and oxygen atoms in total. The largest absolute Gasteiger partial charge is 0.508 e. The highest BCUT2D eigenvalue weighted by atomic mass is 35.5. The molecule has 1 rings (SSSR count). The average Bonchev–Trinajstić information content (AvgIpc) is 1.85. The second-order valence-corrected chi connectivity index (χ2v) is 2.55. The van der Waals surface area contributed by atoms with Crippen molar-refractivity contribution in [3.8, 4) is 5.75 Å². The monoisotopic (exact) mass is 174 g/mol. The standard InChI is InChI=1S/C7H7ClO3/c8-5-1-4(7(10)11)2-6(9)3-5/h1-3,7,9-11H. The number of rotatable bonds is 1. The van der Waals surface area contributed by atoms with Crippen molar-refractivity contribution in [1.82, 2.24) is 0 Å². The third-order valence-electron chi connectivity index (χ3n) is 1.20. The number of aliphatic hydroxyl groups excluding tert-OH is 1. The maximum atomic E-state index is 8.94. The first-order valence-corrected chi connectivity index (χ1v) is 3.33. The van der Waals surface area contributed by atoms with Gasteiger partial charge < -0.3 is 15.3 Å². The van der Waals surface area contributed by atoms with E-state index in [2.05, 4.69) is 0 Å². The Hall–Kier alpha value is -0.770. The van der Waals surface area contributed by atoms with Crippen molar-refractivity contribution in [2.45, 2.75) is 6.29 Å². The maximum absolute atomic E-state index is 8.94. The number of halogens is 1. The van der Waals surface area contributed by atoms with E-state index >= 15 is 0 Å². The number of phenolic OH excluding ortho intramolecular Hbond substituents is 1. The minimum absolute atomic E-state index is 0.0828. The molecule has 0 radical (unpaired) electrons. The highest BCUT2D eigenvalue weighted by molar-refractivity contribution is 6.30. The molecule has 0 saturated heterocycles. The van der Waals surface area contributed by atoms with Crippen LogP contribution in [-0.4, -0.2) is 15.3 Å². The topological polar surface area (TPSA) is 60.7 Å². The first-order valence-electron chi connectivity index (χ1n) is 2.95. The van der Waals surface area contributed by atoms with Gasteiger partial charge in [-0.05, 0) is 18.2 Å². The van der Waals surface area contributed by atoms with Crippen LogP contribution in [0.2, 0.25) is 5.02 Å². The SMILES string of the molecule is Oc1cc(Cl)cc(C(O)O)c1. The zero-order valence-corrected chi connectivity index (χ0v) is 6.28. The molecule has 60 valence electrons. The molecule has 0 unspecified atom stereocenters. The van der Waals surface area contributed by atoms with Crippen molar-refractivity contribution in [3.63, 3.8) is 0 Å². The summed E-state index contributed by atoms with van der Waals surface area (Å²) in [5.74, 6) is -0.0828. The molecule has 0 fully saturated rings. The first-order chi connectivity index (χ1) is 5.09. The Bertz CT molecular complexity index is 240. The van der Waals surface area contributed by atoms with E-state index in [1.54, 1.807) is 0 Å². The molecular weight excluding hydrogens is 168 g/mol. The van der Waals surface area contributed by atoms with E-state index in [1.165, 1.54) is 18.2 Å². The number of benzene rings is 1. The minimum Gasteiger partial charge on any atom is -0.508 e. The molecular formula is C7H7ClO3. The van der Waals surface area contributed by atoms with E-state index in [-0.39, 0.29) is 16.3 Å². The summed E-state index contributed by atoms with van der Waals surface area (Å²) in [5, 5.41) is 26.5. The number of hydrogen-bond donors (Lipinski definition) is 3. The third-order valence-corrected chi connectivity index (χ3v) is 1.42. The molecule has 0 bridgehead atoms. The molecule has 0 aromatic heterocycles. The van der Waals surface area contributed by atoms with Crippen LogP contribution in [0.3, 0.4) is 0 Å². The second-order valence-electron chi connectivity index (χ2n) is 2.12. The van der Waals surface area contributed by atoms with Gasteiger partial charge in [-0.2, -0.15) is 0 Å². The Balaban J connectivity index is 3.08. The van der Waals surface area contributed by atoms with Crippen LogP contribution in [0.25, 0.3) is 0 Å². The molecule has 1 aromatic carbocycles. The van der Waals surface area contributed by atoms with Gasteiger partial charge >= 0.3 is 0 Å². The van der Waals surface area contributed by atoms with Crippen molar-refractivity contribution in [3.05, 3.63) is 28.8 Å². The van der Waals surface area contributed by atoms with Crippen LogP contribution in [0.4, 0.5) is 0 Å². The number of aliphatic hydroxyl groups is 2. The van der Waals surface area contributed by atoms with Gasteiger partial charge in [-0.25, -0.2) is 0 Å². The van der Waals surface area contributed by atoms with Gasteiger partial charge in [0.15, 0.2) is 6.29 Å². The highest BCUT2D eigenvalue weighted by Crippen LogP contribution is 2.22. The smallest absolute Gasteiger partial charge is 0.178 e. The highest BCUT2D eigenvalue weighted by Gasteiger charge is 2.04. The number of hydrogen-bond acceptors (Lipinski definition) is 3. The van der Waals surface area contributed by atoms with Gasteiger partial charge in [0.2, 0.25) is 0 Å². The Morgan fingerprint density at radius 2 is 1.82 bits per heavy atom. The van der Waals surface area contributed by atoms with Crippen LogP contribution in [-0.2, 0) is 0 Å². The van der Waals surface area contributed by atoms with E-state index in [0.717, 1.165) is 0 Å². The summed E-state index contributed by atoms with van der Waals surface area (Å²) in [6, 6.07) is 3.91. The van der Waals surface area contributed by atoms with E-state index in [0.29, 0.717) is 0 Å². The molecule has 4 heteroatoms. The van der Waals surface area contributed by atoms with Crippen LogP contribution in [0, 0.1) is 0 Å². The summed E-state index contributed by atoms with van der Waals surface area (Å²) < 4.78 is 0. The van der Waals surface area contributed by atoms with Crippen LogP contribution in [0.1, 0.15) is 11.9 Å². The van der Waals surface area contributed by atoms with Crippen LogP contribution < -0.4 is 0 Å². The first kappa shape index (κ1) is 8.33. The summed E-state index contributed by atoms with van der Waals surface area (Å²) in [7, 11) is 0. The molecule has 0 aliphatic rings. The Kier molecular flexibility index (Phi) is 2.34. The predicted octanol–water partition coefficient (Wildman–Crippen LogP) is 1.03. The lowest BCUT2D eigenvalue weighted by molar-refractivity contribution is -0.0426. The van der Waals surface area contributed by atoms with Gasteiger partial charge in [0.1, 0.15) is 5.75 Å². The lowest BCUT2D eigenvalue weighted by Gasteiger charge is -2.03. The molecule has 0 amide bonds. The number of aromatic hydroxyl groups is 1. The fourth-order valence-corrected chi connectivity index (χ4v) is 0.983. The summed E-state index contributed by atoms with van der Waals surface area (Å²) >= 11 is 5.51. The summed E-state index contributed by atoms with van der Waals surface area (Å²) in [5.41, 5.74) is 0.176. The van der Waals surface area contributed by atoms with Crippen molar-refractivity contribution < 1.29 is 15.3 Å². The van der Waals surface area contributed by atoms with Crippen molar-refractivity contribution in [2.24, 2.45) is 0 Å². The third kappa shape index (κ3) is 2.08. The van der Waals surface area contributed by atoms with Gasteiger partial charge in [-0.15, -0.1) is 0 Å².